The quantitative estimate of drug-likeness (QED) is 0.756. The number of hydrogen-bond donors (Lipinski definition) is 2. The second-order valence-electron chi connectivity index (χ2n) is 5.29. The van der Waals surface area contributed by atoms with Gasteiger partial charge >= 0.3 is 0 Å². The molecule has 4 heterocycles. The molecule has 108 valence electrons. The molecule has 2 N–H and O–H groups in total. The van der Waals surface area contributed by atoms with Crippen LogP contribution in [0.5, 0.6) is 0 Å². The standard InChI is InChI=1S/C13H14ClN7/c1-7-17-11(20-19-7)8-2-3-21(5-8)13-9-4-10(14)18-12(9)15-6-16-13/h4,6,8H,2-3,5H2,1H3,(H,15,16,18)(H,17,19,20). The Labute approximate surface area is 125 Å². The van der Waals surface area contributed by atoms with Crippen molar-refractivity contribution in [2.24, 2.45) is 0 Å². The van der Waals surface area contributed by atoms with Crippen LogP contribution in [0, 0.1) is 6.92 Å². The number of halogens is 1. The van der Waals surface area contributed by atoms with Crippen LogP contribution >= 0.6 is 11.6 Å². The summed E-state index contributed by atoms with van der Waals surface area (Å²) < 4.78 is 0. The SMILES string of the molecule is Cc1nc(C2CCN(c3ncnc4[nH]c(Cl)cc34)C2)n[nH]1. The molecular weight excluding hydrogens is 290 g/mol. The molecule has 0 radical (unpaired) electrons. The highest BCUT2D eigenvalue weighted by Crippen LogP contribution is 2.32. The first kappa shape index (κ1) is 12.6. The van der Waals surface area contributed by atoms with E-state index in [1.807, 2.05) is 13.0 Å². The molecule has 1 atom stereocenters. The highest BCUT2D eigenvalue weighted by molar-refractivity contribution is 6.30. The van der Waals surface area contributed by atoms with E-state index in [1.54, 1.807) is 6.33 Å². The average molecular weight is 304 g/mol. The zero-order valence-corrected chi connectivity index (χ0v) is 12.2. The number of aryl methyl sites for hydroxylation is 1. The summed E-state index contributed by atoms with van der Waals surface area (Å²) in [6.45, 7) is 3.69. The Balaban J connectivity index is 1.65. The first-order valence-corrected chi connectivity index (χ1v) is 7.21. The summed E-state index contributed by atoms with van der Waals surface area (Å²) in [5.74, 6) is 2.98. The van der Waals surface area contributed by atoms with Crippen LogP contribution in [0.1, 0.15) is 24.0 Å². The van der Waals surface area contributed by atoms with Crippen molar-refractivity contribution in [3.05, 3.63) is 29.2 Å². The van der Waals surface area contributed by atoms with Gasteiger partial charge in [-0.05, 0) is 19.4 Å². The van der Waals surface area contributed by atoms with Crippen molar-refractivity contribution in [2.45, 2.75) is 19.3 Å². The lowest BCUT2D eigenvalue weighted by molar-refractivity contribution is 0.713. The number of aromatic nitrogens is 6. The number of aromatic amines is 2. The van der Waals surface area contributed by atoms with Crippen LogP contribution in [0.25, 0.3) is 11.0 Å². The van der Waals surface area contributed by atoms with Gasteiger partial charge in [0, 0.05) is 19.0 Å². The summed E-state index contributed by atoms with van der Waals surface area (Å²) in [5.41, 5.74) is 0.766. The molecule has 3 aromatic heterocycles. The topological polar surface area (TPSA) is 86.4 Å². The van der Waals surface area contributed by atoms with E-state index in [0.29, 0.717) is 11.1 Å². The summed E-state index contributed by atoms with van der Waals surface area (Å²) in [4.78, 5) is 18.3. The molecule has 0 spiro atoms. The van der Waals surface area contributed by atoms with Crippen LogP contribution in [0.2, 0.25) is 5.15 Å². The maximum Gasteiger partial charge on any atom is 0.155 e. The van der Waals surface area contributed by atoms with Gasteiger partial charge in [-0.15, -0.1) is 0 Å². The average Bonchev–Trinajstić information content (AvgIpc) is 3.15. The molecule has 1 aliphatic heterocycles. The Bertz CT molecular complexity index is 793. The van der Waals surface area contributed by atoms with Crippen molar-refractivity contribution in [1.29, 1.82) is 0 Å². The number of H-pyrrole nitrogens is 2. The van der Waals surface area contributed by atoms with Gasteiger partial charge < -0.3 is 9.88 Å². The van der Waals surface area contributed by atoms with Gasteiger partial charge in [-0.3, -0.25) is 5.10 Å². The van der Waals surface area contributed by atoms with Gasteiger partial charge in [-0.25, -0.2) is 15.0 Å². The number of fused-ring (bicyclic) bond motifs is 1. The van der Waals surface area contributed by atoms with E-state index in [2.05, 4.69) is 35.0 Å². The Morgan fingerprint density at radius 2 is 2.29 bits per heavy atom. The number of nitrogens with one attached hydrogen (secondary N) is 2. The zero-order chi connectivity index (χ0) is 14.4. The normalized spacial score (nSPS) is 18.8. The van der Waals surface area contributed by atoms with Gasteiger partial charge in [-0.2, -0.15) is 5.10 Å². The maximum atomic E-state index is 6.02. The lowest BCUT2D eigenvalue weighted by Crippen LogP contribution is -2.21. The molecule has 21 heavy (non-hydrogen) atoms. The van der Waals surface area contributed by atoms with E-state index in [1.165, 1.54) is 0 Å². The third-order valence-electron chi connectivity index (χ3n) is 3.84. The van der Waals surface area contributed by atoms with Gasteiger partial charge in [0.15, 0.2) is 5.82 Å². The van der Waals surface area contributed by atoms with E-state index in [9.17, 15) is 0 Å². The summed E-state index contributed by atoms with van der Waals surface area (Å²) in [5, 5.41) is 8.70. The molecule has 0 aromatic carbocycles. The van der Waals surface area contributed by atoms with Gasteiger partial charge in [0.05, 0.1) is 5.39 Å². The van der Waals surface area contributed by atoms with Crippen molar-refractivity contribution in [1.82, 2.24) is 30.1 Å². The van der Waals surface area contributed by atoms with Gasteiger partial charge in [0.25, 0.3) is 0 Å². The molecule has 4 rings (SSSR count). The molecule has 7 nitrogen and oxygen atoms in total. The molecule has 1 fully saturated rings. The van der Waals surface area contributed by atoms with Gasteiger partial charge in [0.2, 0.25) is 0 Å². The fourth-order valence-electron chi connectivity index (χ4n) is 2.85. The Kier molecular flexibility index (Phi) is 2.81. The Hall–Kier alpha value is -2.15. The number of rotatable bonds is 2. The third kappa shape index (κ3) is 2.13. The summed E-state index contributed by atoms with van der Waals surface area (Å²) in [6, 6.07) is 1.87. The number of anilines is 1. The second-order valence-corrected chi connectivity index (χ2v) is 5.69. The lowest BCUT2D eigenvalue weighted by atomic mass is 10.1. The minimum absolute atomic E-state index is 0.328. The second kappa shape index (κ2) is 4.70. The fraction of sp³-hybridized carbons (Fsp3) is 0.385. The monoisotopic (exact) mass is 303 g/mol. The lowest BCUT2D eigenvalue weighted by Gasteiger charge is -2.17. The predicted molar refractivity (Wildman–Crippen MR) is 79.6 cm³/mol. The highest BCUT2D eigenvalue weighted by atomic mass is 35.5. The molecule has 0 bridgehead atoms. The molecule has 1 saturated heterocycles. The predicted octanol–water partition coefficient (Wildman–Crippen LogP) is 2.03. The largest absolute Gasteiger partial charge is 0.355 e. The van der Waals surface area contributed by atoms with Crippen LogP contribution in [0.4, 0.5) is 5.82 Å². The summed E-state index contributed by atoms with van der Waals surface area (Å²) in [6.07, 6.45) is 2.58. The van der Waals surface area contributed by atoms with Crippen LogP contribution < -0.4 is 4.90 Å². The van der Waals surface area contributed by atoms with Gasteiger partial charge in [-0.1, -0.05) is 11.6 Å². The molecule has 0 aliphatic carbocycles. The van der Waals surface area contributed by atoms with Crippen molar-refractivity contribution in [3.63, 3.8) is 0 Å². The number of nitrogens with zero attached hydrogens (tertiary/aromatic N) is 5. The van der Waals surface area contributed by atoms with E-state index in [0.717, 1.165) is 48.0 Å². The Morgan fingerprint density at radius 3 is 3.10 bits per heavy atom. The van der Waals surface area contributed by atoms with Crippen LogP contribution in [0.3, 0.4) is 0 Å². The summed E-state index contributed by atoms with van der Waals surface area (Å²) in [7, 11) is 0. The Morgan fingerprint density at radius 1 is 1.38 bits per heavy atom. The van der Waals surface area contributed by atoms with Gasteiger partial charge in [0.1, 0.15) is 28.8 Å². The number of hydrogen-bond acceptors (Lipinski definition) is 5. The van der Waals surface area contributed by atoms with E-state index >= 15 is 0 Å². The van der Waals surface area contributed by atoms with Crippen LogP contribution in [-0.4, -0.2) is 43.2 Å². The highest BCUT2D eigenvalue weighted by Gasteiger charge is 2.28. The first-order chi connectivity index (χ1) is 10.2. The molecule has 0 saturated carbocycles. The zero-order valence-electron chi connectivity index (χ0n) is 11.5. The molecular formula is C13H14ClN7. The van der Waals surface area contributed by atoms with Crippen molar-refractivity contribution < 1.29 is 0 Å². The molecule has 1 unspecified atom stereocenters. The van der Waals surface area contributed by atoms with Crippen LogP contribution in [0.15, 0.2) is 12.4 Å². The van der Waals surface area contributed by atoms with Crippen molar-refractivity contribution in [3.8, 4) is 0 Å². The fourth-order valence-corrected chi connectivity index (χ4v) is 3.05. The van der Waals surface area contributed by atoms with Crippen molar-refractivity contribution in [2.75, 3.05) is 18.0 Å². The smallest absolute Gasteiger partial charge is 0.155 e. The molecule has 3 aromatic rings. The van der Waals surface area contributed by atoms with Crippen LogP contribution in [-0.2, 0) is 0 Å². The maximum absolute atomic E-state index is 6.02. The molecule has 0 amide bonds. The first-order valence-electron chi connectivity index (χ1n) is 6.84. The van der Waals surface area contributed by atoms with E-state index in [-0.39, 0.29) is 0 Å². The van der Waals surface area contributed by atoms with E-state index in [4.69, 9.17) is 11.6 Å². The molecule has 1 aliphatic rings. The third-order valence-corrected chi connectivity index (χ3v) is 4.04. The van der Waals surface area contributed by atoms with Crippen molar-refractivity contribution >= 4 is 28.5 Å². The minimum Gasteiger partial charge on any atom is -0.355 e. The summed E-state index contributed by atoms with van der Waals surface area (Å²) >= 11 is 6.02. The molecule has 8 heteroatoms. The minimum atomic E-state index is 0.328. The van der Waals surface area contributed by atoms with E-state index < -0.39 is 0 Å².